The summed E-state index contributed by atoms with van der Waals surface area (Å²) in [6, 6.07) is 0. The molecular formula is C12H25N3O2S2. The van der Waals surface area contributed by atoms with Crippen LogP contribution in [0.25, 0.3) is 0 Å². The van der Waals surface area contributed by atoms with E-state index >= 15 is 0 Å². The lowest BCUT2D eigenvalue weighted by Crippen LogP contribution is -2.38. The van der Waals surface area contributed by atoms with Crippen molar-refractivity contribution in [3.8, 4) is 0 Å². The number of thiocarbonyl (C=S) groups is 1. The highest BCUT2D eigenvalue weighted by Crippen LogP contribution is 2.17. The zero-order chi connectivity index (χ0) is 14.1. The third-order valence-corrected chi connectivity index (χ3v) is 5.42. The fourth-order valence-electron chi connectivity index (χ4n) is 2.16. The zero-order valence-electron chi connectivity index (χ0n) is 11.4. The molecule has 5 nitrogen and oxygen atoms in total. The van der Waals surface area contributed by atoms with Crippen LogP contribution in [0.4, 0.5) is 0 Å². The normalized spacial score (nSPS) is 21.2. The summed E-state index contributed by atoms with van der Waals surface area (Å²) in [5.74, 6) is 0.817. The molecule has 0 unspecified atom stereocenters. The predicted octanol–water partition coefficient (Wildman–Crippen LogP) is 0.404. The lowest BCUT2D eigenvalue weighted by molar-refractivity contribution is 0.568. The van der Waals surface area contributed by atoms with Gasteiger partial charge in [0.2, 0.25) is 0 Å². The van der Waals surface area contributed by atoms with Gasteiger partial charge in [0.15, 0.2) is 14.9 Å². The van der Waals surface area contributed by atoms with Gasteiger partial charge in [0, 0.05) is 13.1 Å². The fraction of sp³-hybridized carbons (Fsp3) is 0.917. The van der Waals surface area contributed by atoms with Gasteiger partial charge in [-0.25, -0.2) is 8.42 Å². The summed E-state index contributed by atoms with van der Waals surface area (Å²) < 4.78 is 22.6. The number of hydrogen-bond donors (Lipinski definition) is 3. The van der Waals surface area contributed by atoms with E-state index in [0.717, 1.165) is 45.2 Å². The molecular weight excluding hydrogens is 282 g/mol. The van der Waals surface area contributed by atoms with Crippen molar-refractivity contribution in [3.05, 3.63) is 0 Å². The molecule has 1 saturated heterocycles. The second-order valence-corrected chi connectivity index (χ2v) is 7.75. The maximum Gasteiger partial charge on any atom is 0.166 e. The van der Waals surface area contributed by atoms with Gasteiger partial charge in [0.05, 0.1) is 11.5 Å². The molecule has 0 bridgehead atoms. The first-order valence-electron chi connectivity index (χ1n) is 6.95. The number of unbranched alkanes of at least 4 members (excludes halogenated alkanes) is 3. The molecule has 0 aromatic rings. The maximum absolute atomic E-state index is 11.3. The Balaban J connectivity index is 1.99. The highest BCUT2D eigenvalue weighted by Gasteiger charge is 2.27. The van der Waals surface area contributed by atoms with Gasteiger partial charge in [-0.05, 0) is 43.9 Å². The summed E-state index contributed by atoms with van der Waals surface area (Å²) in [6.07, 6.45) is 5.24. The average Bonchev–Trinajstić information content (AvgIpc) is 2.71. The second kappa shape index (κ2) is 8.71. The Kier molecular flexibility index (Phi) is 7.63. The molecule has 4 N–H and O–H groups in total. The lowest BCUT2D eigenvalue weighted by atomic mass is 10.1. The minimum absolute atomic E-state index is 0.203. The van der Waals surface area contributed by atoms with E-state index in [1.165, 1.54) is 0 Å². The summed E-state index contributed by atoms with van der Waals surface area (Å²) in [5, 5.41) is 6.87. The highest BCUT2D eigenvalue weighted by atomic mass is 32.2. The third-order valence-electron chi connectivity index (χ3n) is 3.29. The largest absolute Gasteiger partial charge is 0.363 e. The number of sulfone groups is 1. The van der Waals surface area contributed by atoms with Gasteiger partial charge in [-0.15, -0.1) is 0 Å². The molecule has 112 valence electrons. The van der Waals surface area contributed by atoms with Crippen LogP contribution in [0.2, 0.25) is 0 Å². The van der Waals surface area contributed by atoms with Crippen molar-refractivity contribution >= 4 is 27.2 Å². The van der Waals surface area contributed by atoms with Crippen LogP contribution in [0.15, 0.2) is 0 Å². The van der Waals surface area contributed by atoms with E-state index in [2.05, 4.69) is 10.6 Å². The Labute approximate surface area is 121 Å². The average molecular weight is 307 g/mol. The van der Waals surface area contributed by atoms with Crippen LogP contribution in [0, 0.1) is 5.92 Å². The molecule has 0 aromatic heterocycles. The number of nitrogens with one attached hydrogen (secondary N) is 2. The van der Waals surface area contributed by atoms with Gasteiger partial charge >= 0.3 is 0 Å². The topological polar surface area (TPSA) is 84.2 Å². The molecule has 1 heterocycles. The highest BCUT2D eigenvalue weighted by molar-refractivity contribution is 7.91. The van der Waals surface area contributed by atoms with E-state index < -0.39 is 9.84 Å². The summed E-state index contributed by atoms with van der Waals surface area (Å²) in [7, 11) is -2.79. The molecule has 1 rings (SSSR count). The van der Waals surface area contributed by atoms with Crippen molar-refractivity contribution in [2.75, 3.05) is 31.1 Å². The minimum atomic E-state index is -2.79. The van der Waals surface area contributed by atoms with Gasteiger partial charge in [0.25, 0.3) is 0 Å². The molecule has 1 atom stereocenters. The molecule has 0 aromatic carbocycles. The van der Waals surface area contributed by atoms with E-state index in [1.807, 2.05) is 0 Å². The SMILES string of the molecule is NCCCCCCNC(=S)NC[C@@H]1CCS(=O)(=O)C1. The lowest BCUT2D eigenvalue weighted by Gasteiger charge is -2.13. The summed E-state index contributed by atoms with van der Waals surface area (Å²) >= 11 is 5.15. The monoisotopic (exact) mass is 307 g/mol. The number of rotatable bonds is 8. The van der Waals surface area contributed by atoms with Gasteiger partial charge in [-0.2, -0.15) is 0 Å². The Morgan fingerprint density at radius 3 is 2.58 bits per heavy atom. The second-order valence-electron chi connectivity index (χ2n) is 5.11. The third kappa shape index (κ3) is 7.69. The van der Waals surface area contributed by atoms with Crippen LogP contribution in [0.3, 0.4) is 0 Å². The predicted molar refractivity (Wildman–Crippen MR) is 82.9 cm³/mol. The molecule has 0 saturated carbocycles. The van der Waals surface area contributed by atoms with Crippen molar-refractivity contribution in [2.45, 2.75) is 32.1 Å². The van der Waals surface area contributed by atoms with Crippen molar-refractivity contribution in [1.82, 2.24) is 10.6 Å². The van der Waals surface area contributed by atoms with E-state index in [-0.39, 0.29) is 5.92 Å². The van der Waals surface area contributed by atoms with Gasteiger partial charge < -0.3 is 16.4 Å². The molecule has 7 heteroatoms. The van der Waals surface area contributed by atoms with Crippen molar-refractivity contribution in [2.24, 2.45) is 11.7 Å². The maximum atomic E-state index is 11.3. The zero-order valence-corrected chi connectivity index (χ0v) is 13.0. The van der Waals surface area contributed by atoms with Crippen LogP contribution in [-0.2, 0) is 9.84 Å². The van der Waals surface area contributed by atoms with Crippen LogP contribution >= 0.6 is 12.2 Å². The first-order valence-corrected chi connectivity index (χ1v) is 9.18. The molecule has 0 aliphatic carbocycles. The van der Waals surface area contributed by atoms with E-state index in [0.29, 0.717) is 23.2 Å². The first-order chi connectivity index (χ1) is 9.03. The van der Waals surface area contributed by atoms with Crippen molar-refractivity contribution < 1.29 is 8.42 Å². The molecule has 0 spiro atoms. The summed E-state index contributed by atoms with van der Waals surface area (Å²) in [6.45, 7) is 2.27. The molecule has 1 fully saturated rings. The molecule has 1 aliphatic rings. The molecule has 19 heavy (non-hydrogen) atoms. The molecule has 0 radical (unpaired) electrons. The first kappa shape index (κ1) is 16.7. The Morgan fingerprint density at radius 1 is 1.21 bits per heavy atom. The van der Waals surface area contributed by atoms with E-state index in [4.69, 9.17) is 18.0 Å². The minimum Gasteiger partial charge on any atom is -0.363 e. The van der Waals surface area contributed by atoms with Crippen LogP contribution in [0.5, 0.6) is 0 Å². The van der Waals surface area contributed by atoms with Crippen molar-refractivity contribution in [3.63, 3.8) is 0 Å². The van der Waals surface area contributed by atoms with Gasteiger partial charge in [-0.1, -0.05) is 12.8 Å². The summed E-state index contributed by atoms with van der Waals surface area (Å²) in [5.41, 5.74) is 5.42. The Bertz CT molecular complexity index is 371. The standard InChI is InChI=1S/C12H25N3O2S2/c13-6-3-1-2-4-7-14-12(18)15-9-11-5-8-19(16,17)10-11/h11H,1-10,13H2,(H2,14,15,18)/t11-/m0/s1. The summed E-state index contributed by atoms with van der Waals surface area (Å²) in [4.78, 5) is 0. The van der Waals surface area contributed by atoms with Gasteiger partial charge in [0.1, 0.15) is 0 Å². The fourth-order valence-corrected chi connectivity index (χ4v) is 4.20. The quantitative estimate of drug-likeness (QED) is 0.445. The van der Waals surface area contributed by atoms with Crippen molar-refractivity contribution in [1.29, 1.82) is 0 Å². The molecule has 1 aliphatic heterocycles. The number of hydrogen-bond acceptors (Lipinski definition) is 4. The van der Waals surface area contributed by atoms with Gasteiger partial charge in [-0.3, -0.25) is 0 Å². The van der Waals surface area contributed by atoms with Crippen LogP contribution in [0.1, 0.15) is 32.1 Å². The number of nitrogens with two attached hydrogens (primary N) is 1. The van der Waals surface area contributed by atoms with E-state index in [9.17, 15) is 8.42 Å². The molecule has 0 amide bonds. The van der Waals surface area contributed by atoms with E-state index in [1.54, 1.807) is 0 Å². The van der Waals surface area contributed by atoms with Crippen LogP contribution in [-0.4, -0.2) is 44.7 Å². The van der Waals surface area contributed by atoms with Crippen LogP contribution < -0.4 is 16.4 Å². The smallest absolute Gasteiger partial charge is 0.166 e. The Hall–Kier alpha value is -0.400. The Morgan fingerprint density at radius 2 is 1.95 bits per heavy atom.